The summed E-state index contributed by atoms with van der Waals surface area (Å²) in [5.41, 5.74) is 13.1. The van der Waals surface area contributed by atoms with E-state index in [0.29, 0.717) is 0 Å². The quantitative estimate of drug-likeness (QED) is 0.160. The molecule has 55 heavy (non-hydrogen) atoms. The molecule has 10 aromatic rings. The summed E-state index contributed by atoms with van der Waals surface area (Å²) >= 11 is 0. The Morgan fingerprint density at radius 2 is 0.691 bits per heavy atom. The van der Waals surface area contributed by atoms with Crippen molar-refractivity contribution in [2.24, 2.45) is 0 Å². The van der Waals surface area contributed by atoms with Gasteiger partial charge in [0.15, 0.2) is 0 Å². The van der Waals surface area contributed by atoms with Crippen LogP contribution in [0.5, 0.6) is 0 Å². The van der Waals surface area contributed by atoms with Gasteiger partial charge in [-0.1, -0.05) is 188 Å². The van der Waals surface area contributed by atoms with Gasteiger partial charge >= 0.3 is 0 Å². The summed E-state index contributed by atoms with van der Waals surface area (Å²) in [5, 5.41) is 7.45. The van der Waals surface area contributed by atoms with Gasteiger partial charge in [-0.25, -0.2) is 0 Å². The lowest BCUT2D eigenvalue weighted by molar-refractivity contribution is 1.30. The maximum atomic E-state index is 2.39. The van der Waals surface area contributed by atoms with Crippen molar-refractivity contribution >= 4 is 49.4 Å². The van der Waals surface area contributed by atoms with E-state index in [1.54, 1.807) is 0 Å². The molecular weight excluding hydrogens is 663 g/mol. The number of hydrogen-bond acceptors (Lipinski definition) is 1. The Kier molecular flexibility index (Phi) is 8.24. The standard InChI is InChI=1S/C54H37N/c1-2-13-42(14-3-1)53-37-44(31-36-52(53)51-25-11-19-40-16-5-8-22-49(40)51)38-27-32-45(33-28-38)55(54-26-12-20-41-17-6-9-23-50(41)54)46-34-29-43(30-35-46)48-24-10-18-39-15-4-7-21-47(39)48/h1-37H. The van der Waals surface area contributed by atoms with Gasteiger partial charge in [0, 0.05) is 16.8 Å². The number of anilines is 3. The third-order valence-corrected chi connectivity index (χ3v) is 10.9. The molecular formula is C54H37N. The van der Waals surface area contributed by atoms with Gasteiger partial charge in [-0.15, -0.1) is 0 Å². The van der Waals surface area contributed by atoms with Crippen molar-refractivity contribution in [3.8, 4) is 44.5 Å². The fourth-order valence-corrected chi connectivity index (χ4v) is 8.18. The summed E-state index contributed by atoms with van der Waals surface area (Å²) in [4.78, 5) is 2.39. The molecule has 0 aliphatic rings. The van der Waals surface area contributed by atoms with Gasteiger partial charge in [-0.2, -0.15) is 0 Å². The fraction of sp³-hybridized carbons (Fsp3) is 0. The van der Waals surface area contributed by atoms with E-state index in [4.69, 9.17) is 0 Å². The molecule has 0 unspecified atom stereocenters. The molecule has 0 amide bonds. The van der Waals surface area contributed by atoms with E-state index in [-0.39, 0.29) is 0 Å². The first-order valence-corrected chi connectivity index (χ1v) is 18.9. The van der Waals surface area contributed by atoms with Gasteiger partial charge in [0.2, 0.25) is 0 Å². The molecule has 0 radical (unpaired) electrons. The second kappa shape index (κ2) is 14.0. The second-order valence-corrected chi connectivity index (χ2v) is 14.1. The van der Waals surface area contributed by atoms with Crippen molar-refractivity contribution in [3.05, 3.63) is 224 Å². The van der Waals surface area contributed by atoms with Crippen molar-refractivity contribution in [2.75, 3.05) is 4.90 Å². The van der Waals surface area contributed by atoms with E-state index in [2.05, 4.69) is 229 Å². The molecule has 0 heterocycles. The Bertz CT molecular complexity index is 2940. The van der Waals surface area contributed by atoms with Crippen molar-refractivity contribution in [3.63, 3.8) is 0 Å². The highest BCUT2D eigenvalue weighted by Crippen LogP contribution is 2.42. The van der Waals surface area contributed by atoms with Crippen LogP contribution in [0.15, 0.2) is 224 Å². The van der Waals surface area contributed by atoms with Gasteiger partial charge in [-0.05, 0) is 108 Å². The lowest BCUT2D eigenvalue weighted by Crippen LogP contribution is -2.10. The monoisotopic (exact) mass is 699 g/mol. The number of hydrogen-bond donors (Lipinski definition) is 0. The van der Waals surface area contributed by atoms with Crippen LogP contribution in [-0.2, 0) is 0 Å². The summed E-state index contributed by atoms with van der Waals surface area (Å²) in [7, 11) is 0. The Labute approximate surface area is 322 Å². The average molecular weight is 700 g/mol. The van der Waals surface area contributed by atoms with Crippen molar-refractivity contribution in [1.29, 1.82) is 0 Å². The van der Waals surface area contributed by atoms with Crippen LogP contribution in [0.2, 0.25) is 0 Å². The predicted octanol–water partition coefficient (Wildman–Crippen LogP) is 15.3. The summed E-state index contributed by atoms with van der Waals surface area (Å²) in [6, 6.07) is 81.4. The van der Waals surface area contributed by atoms with Crippen LogP contribution in [0.4, 0.5) is 17.1 Å². The molecule has 0 fully saturated rings. The van der Waals surface area contributed by atoms with E-state index >= 15 is 0 Å². The molecule has 0 saturated heterocycles. The lowest BCUT2D eigenvalue weighted by Gasteiger charge is -2.27. The smallest absolute Gasteiger partial charge is 0.0540 e. The zero-order valence-corrected chi connectivity index (χ0v) is 30.3. The largest absolute Gasteiger partial charge is 0.310 e. The Morgan fingerprint density at radius 3 is 1.35 bits per heavy atom. The normalized spacial score (nSPS) is 11.3. The molecule has 0 bridgehead atoms. The van der Waals surface area contributed by atoms with E-state index in [1.165, 1.54) is 76.8 Å². The molecule has 0 saturated carbocycles. The molecule has 10 aromatic carbocycles. The van der Waals surface area contributed by atoms with E-state index in [9.17, 15) is 0 Å². The van der Waals surface area contributed by atoms with Crippen molar-refractivity contribution < 1.29 is 0 Å². The van der Waals surface area contributed by atoms with E-state index < -0.39 is 0 Å². The number of fused-ring (bicyclic) bond motifs is 3. The molecule has 258 valence electrons. The molecule has 0 atom stereocenters. The minimum atomic E-state index is 1.11. The minimum absolute atomic E-state index is 1.11. The summed E-state index contributed by atoms with van der Waals surface area (Å²) in [6.07, 6.45) is 0. The van der Waals surface area contributed by atoms with E-state index in [1.807, 2.05) is 0 Å². The first-order chi connectivity index (χ1) is 27.3. The predicted molar refractivity (Wildman–Crippen MR) is 235 cm³/mol. The highest BCUT2D eigenvalue weighted by Gasteiger charge is 2.17. The Hall–Kier alpha value is -7.22. The topological polar surface area (TPSA) is 3.24 Å². The van der Waals surface area contributed by atoms with Crippen molar-refractivity contribution in [2.45, 2.75) is 0 Å². The Morgan fingerprint density at radius 1 is 0.236 bits per heavy atom. The molecule has 1 heteroatoms. The molecule has 10 rings (SSSR count). The van der Waals surface area contributed by atoms with Gasteiger partial charge in [0.05, 0.1) is 5.69 Å². The van der Waals surface area contributed by atoms with Gasteiger partial charge in [0.1, 0.15) is 0 Å². The molecule has 1 nitrogen and oxygen atoms in total. The van der Waals surface area contributed by atoms with Crippen molar-refractivity contribution in [1.82, 2.24) is 0 Å². The van der Waals surface area contributed by atoms with Crippen LogP contribution in [0.3, 0.4) is 0 Å². The second-order valence-electron chi connectivity index (χ2n) is 14.1. The average Bonchev–Trinajstić information content (AvgIpc) is 3.27. The third kappa shape index (κ3) is 6.02. The number of benzene rings is 10. The maximum absolute atomic E-state index is 2.39. The zero-order chi connectivity index (χ0) is 36.6. The highest BCUT2D eigenvalue weighted by molar-refractivity contribution is 6.02. The third-order valence-electron chi connectivity index (χ3n) is 10.9. The van der Waals surface area contributed by atoms with Crippen LogP contribution in [0.1, 0.15) is 0 Å². The molecule has 0 N–H and O–H groups in total. The van der Waals surface area contributed by atoms with Gasteiger partial charge in [0.25, 0.3) is 0 Å². The molecule has 0 aliphatic carbocycles. The maximum Gasteiger partial charge on any atom is 0.0540 e. The van der Waals surface area contributed by atoms with E-state index in [0.717, 1.165) is 17.1 Å². The Balaban J connectivity index is 1.07. The van der Waals surface area contributed by atoms with Crippen LogP contribution in [0.25, 0.3) is 76.8 Å². The van der Waals surface area contributed by atoms with Crippen LogP contribution >= 0.6 is 0 Å². The highest BCUT2D eigenvalue weighted by atomic mass is 15.1. The number of rotatable bonds is 7. The van der Waals surface area contributed by atoms with Crippen LogP contribution < -0.4 is 4.90 Å². The number of nitrogens with zero attached hydrogens (tertiary/aromatic N) is 1. The summed E-state index contributed by atoms with van der Waals surface area (Å²) in [5.74, 6) is 0. The first kappa shape index (κ1) is 32.4. The minimum Gasteiger partial charge on any atom is -0.310 e. The zero-order valence-electron chi connectivity index (χ0n) is 30.3. The van der Waals surface area contributed by atoms with Crippen LogP contribution in [-0.4, -0.2) is 0 Å². The molecule has 0 spiro atoms. The van der Waals surface area contributed by atoms with Gasteiger partial charge < -0.3 is 4.90 Å². The lowest BCUT2D eigenvalue weighted by atomic mass is 9.89. The molecule has 0 aromatic heterocycles. The fourth-order valence-electron chi connectivity index (χ4n) is 8.18. The van der Waals surface area contributed by atoms with Crippen LogP contribution in [0, 0.1) is 0 Å². The summed E-state index contributed by atoms with van der Waals surface area (Å²) < 4.78 is 0. The first-order valence-electron chi connectivity index (χ1n) is 18.9. The SMILES string of the molecule is c1ccc(-c2cc(-c3ccc(N(c4ccc(-c5cccc6ccccc56)cc4)c4cccc5ccccc45)cc3)ccc2-c2cccc3ccccc23)cc1. The molecule has 0 aliphatic heterocycles. The summed E-state index contributed by atoms with van der Waals surface area (Å²) in [6.45, 7) is 0. The van der Waals surface area contributed by atoms with Gasteiger partial charge in [-0.3, -0.25) is 0 Å².